The normalized spacial score (nSPS) is 29.4. The minimum Gasteiger partial charge on any atom is -0.481 e. The van der Waals surface area contributed by atoms with Crippen LogP contribution in [0.15, 0.2) is 0 Å². The minimum absolute atomic E-state index is 0.268. The molecule has 0 aromatic carbocycles. The third-order valence-electron chi connectivity index (χ3n) is 3.71. The summed E-state index contributed by atoms with van der Waals surface area (Å²) in [5.74, 6) is -1.10. The summed E-state index contributed by atoms with van der Waals surface area (Å²) in [7, 11) is 3.37. The molecule has 1 saturated carbocycles. The van der Waals surface area contributed by atoms with E-state index in [9.17, 15) is 15.0 Å². The summed E-state index contributed by atoms with van der Waals surface area (Å²) in [6, 6.07) is 0. The van der Waals surface area contributed by atoms with E-state index < -0.39 is 17.7 Å². The van der Waals surface area contributed by atoms with Crippen LogP contribution in [0.3, 0.4) is 0 Å². The number of aliphatic hydroxyl groups excluding tert-OH is 1. The van der Waals surface area contributed by atoms with Crippen LogP contribution >= 0.6 is 0 Å². The Balaban J connectivity index is 2.37. The van der Waals surface area contributed by atoms with Crippen LogP contribution in [-0.2, 0) is 9.53 Å². The van der Waals surface area contributed by atoms with Crippen molar-refractivity contribution in [3.8, 4) is 0 Å². The Labute approximate surface area is 114 Å². The molecular formula is C13H25NO5. The van der Waals surface area contributed by atoms with Crippen LogP contribution in [0.25, 0.3) is 0 Å². The first-order chi connectivity index (χ1) is 8.86. The van der Waals surface area contributed by atoms with Crippen molar-refractivity contribution in [3.63, 3.8) is 0 Å². The summed E-state index contributed by atoms with van der Waals surface area (Å²) in [5.41, 5.74) is -0.840. The molecule has 0 radical (unpaired) electrons. The van der Waals surface area contributed by atoms with Crippen molar-refractivity contribution in [2.45, 2.75) is 37.4 Å². The van der Waals surface area contributed by atoms with Gasteiger partial charge in [0.2, 0.25) is 0 Å². The van der Waals surface area contributed by atoms with Gasteiger partial charge in [0.05, 0.1) is 24.2 Å². The first kappa shape index (κ1) is 16.4. The predicted molar refractivity (Wildman–Crippen MR) is 69.9 cm³/mol. The van der Waals surface area contributed by atoms with E-state index in [2.05, 4.69) is 0 Å². The van der Waals surface area contributed by atoms with Crippen molar-refractivity contribution in [1.29, 1.82) is 0 Å². The number of likely N-dealkylation sites (N-methyl/N-ethyl adjacent to an activating group) is 1. The quantitative estimate of drug-likeness (QED) is 0.602. The fourth-order valence-corrected chi connectivity index (χ4v) is 2.73. The lowest BCUT2D eigenvalue weighted by molar-refractivity contribution is -0.145. The van der Waals surface area contributed by atoms with Gasteiger partial charge in [-0.15, -0.1) is 0 Å². The van der Waals surface area contributed by atoms with Gasteiger partial charge in [0.1, 0.15) is 0 Å². The number of carboxylic acids is 1. The second-order valence-corrected chi connectivity index (χ2v) is 5.64. The molecule has 6 nitrogen and oxygen atoms in total. The summed E-state index contributed by atoms with van der Waals surface area (Å²) in [4.78, 5) is 12.7. The van der Waals surface area contributed by atoms with Gasteiger partial charge in [-0.25, -0.2) is 0 Å². The van der Waals surface area contributed by atoms with Gasteiger partial charge < -0.3 is 25.0 Å². The van der Waals surface area contributed by atoms with Gasteiger partial charge in [0.15, 0.2) is 0 Å². The molecule has 0 heterocycles. The number of rotatable bonds is 7. The second kappa shape index (κ2) is 7.19. The molecule has 0 aliphatic heterocycles. The fourth-order valence-electron chi connectivity index (χ4n) is 2.73. The van der Waals surface area contributed by atoms with Gasteiger partial charge in [-0.2, -0.15) is 0 Å². The molecule has 0 spiro atoms. The smallest absolute Gasteiger partial charge is 0.306 e. The van der Waals surface area contributed by atoms with E-state index in [-0.39, 0.29) is 12.5 Å². The average molecular weight is 275 g/mol. The number of hydrogen-bond donors (Lipinski definition) is 3. The maximum Gasteiger partial charge on any atom is 0.306 e. The third-order valence-corrected chi connectivity index (χ3v) is 3.71. The first-order valence-electron chi connectivity index (χ1n) is 6.67. The SMILES string of the molecule is COCC(O)CN(C)CC1(O)CCC(C(=O)O)CC1. The maximum atomic E-state index is 10.9. The van der Waals surface area contributed by atoms with Crippen LogP contribution in [0, 0.1) is 5.92 Å². The fraction of sp³-hybridized carbons (Fsp3) is 0.923. The summed E-state index contributed by atoms with van der Waals surface area (Å²) in [6.07, 6.45) is 1.44. The van der Waals surface area contributed by atoms with Crippen LogP contribution in [0.5, 0.6) is 0 Å². The zero-order valence-corrected chi connectivity index (χ0v) is 11.7. The molecule has 1 fully saturated rings. The lowest BCUT2D eigenvalue weighted by atomic mass is 9.78. The van der Waals surface area contributed by atoms with Crippen molar-refractivity contribution in [3.05, 3.63) is 0 Å². The van der Waals surface area contributed by atoms with E-state index in [0.29, 0.717) is 38.8 Å². The molecule has 1 aliphatic carbocycles. The number of hydrogen-bond acceptors (Lipinski definition) is 5. The van der Waals surface area contributed by atoms with Crippen molar-refractivity contribution in [1.82, 2.24) is 4.90 Å². The molecule has 19 heavy (non-hydrogen) atoms. The lowest BCUT2D eigenvalue weighted by Crippen LogP contribution is -2.47. The van der Waals surface area contributed by atoms with Gasteiger partial charge in [-0.1, -0.05) is 0 Å². The van der Waals surface area contributed by atoms with Gasteiger partial charge >= 0.3 is 5.97 Å². The Morgan fingerprint density at radius 2 is 2.05 bits per heavy atom. The molecule has 1 atom stereocenters. The Kier molecular flexibility index (Phi) is 6.19. The Bertz CT molecular complexity index is 289. The van der Waals surface area contributed by atoms with Gasteiger partial charge in [-0.05, 0) is 32.7 Å². The molecule has 0 aromatic heterocycles. The van der Waals surface area contributed by atoms with Crippen LogP contribution in [0.1, 0.15) is 25.7 Å². The number of nitrogens with zero attached hydrogens (tertiary/aromatic N) is 1. The number of ether oxygens (including phenoxy) is 1. The van der Waals surface area contributed by atoms with E-state index in [0.717, 1.165) is 0 Å². The Morgan fingerprint density at radius 3 is 2.53 bits per heavy atom. The Hall–Kier alpha value is -0.690. The number of methoxy groups -OCH3 is 1. The molecule has 112 valence electrons. The Morgan fingerprint density at radius 1 is 1.47 bits per heavy atom. The predicted octanol–water partition coefficient (Wildman–Crippen LogP) is -0.0686. The standard InChI is InChI=1S/C13H25NO5/c1-14(7-11(15)8-19-2)9-13(18)5-3-10(4-6-13)12(16)17/h10-11,15,18H,3-9H2,1-2H3,(H,16,17). The minimum atomic E-state index is -0.840. The third kappa shape index (κ3) is 5.44. The van der Waals surface area contributed by atoms with E-state index >= 15 is 0 Å². The molecule has 1 aliphatic rings. The monoisotopic (exact) mass is 275 g/mol. The molecule has 6 heteroatoms. The summed E-state index contributed by atoms with van der Waals surface area (Å²) >= 11 is 0. The molecule has 3 N–H and O–H groups in total. The number of carboxylic acid groups (broad SMARTS) is 1. The maximum absolute atomic E-state index is 10.9. The molecule has 0 amide bonds. The van der Waals surface area contributed by atoms with Gasteiger partial charge in [0, 0.05) is 20.2 Å². The van der Waals surface area contributed by atoms with E-state index in [1.807, 2.05) is 11.9 Å². The summed E-state index contributed by atoms with van der Waals surface area (Å²) < 4.78 is 4.86. The van der Waals surface area contributed by atoms with Crippen LogP contribution < -0.4 is 0 Å². The second-order valence-electron chi connectivity index (χ2n) is 5.64. The molecule has 1 rings (SSSR count). The highest BCUT2D eigenvalue weighted by Gasteiger charge is 2.36. The van der Waals surface area contributed by atoms with Gasteiger partial charge in [0.25, 0.3) is 0 Å². The van der Waals surface area contributed by atoms with Crippen molar-refractivity contribution >= 4 is 5.97 Å². The van der Waals surface area contributed by atoms with Gasteiger partial charge in [-0.3, -0.25) is 4.79 Å². The van der Waals surface area contributed by atoms with Crippen molar-refractivity contribution in [2.24, 2.45) is 5.92 Å². The van der Waals surface area contributed by atoms with Crippen LogP contribution in [0.4, 0.5) is 0 Å². The highest BCUT2D eigenvalue weighted by molar-refractivity contribution is 5.70. The van der Waals surface area contributed by atoms with Crippen LogP contribution in [0.2, 0.25) is 0 Å². The topological polar surface area (TPSA) is 90.2 Å². The number of aliphatic hydroxyl groups is 2. The molecular weight excluding hydrogens is 250 g/mol. The molecule has 0 saturated heterocycles. The van der Waals surface area contributed by atoms with E-state index in [4.69, 9.17) is 9.84 Å². The lowest BCUT2D eigenvalue weighted by Gasteiger charge is -2.37. The highest BCUT2D eigenvalue weighted by atomic mass is 16.5. The zero-order valence-electron chi connectivity index (χ0n) is 11.7. The zero-order chi connectivity index (χ0) is 14.5. The highest BCUT2D eigenvalue weighted by Crippen LogP contribution is 2.32. The van der Waals surface area contributed by atoms with Crippen molar-refractivity contribution in [2.75, 3.05) is 33.9 Å². The number of aliphatic carboxylic acids is 1. The first-order valence-corrected chi connectivity index (χ1v) is 6.67. The molecule has 0 bridgehead atoms. The van der Waals surface area contributed by atoms with E-state index in [1.165, 1.54) is 7.11 Å². The largest absolute Gasteiger partial charge is 0.481 e. The molecule has 0 aromatic rings. The van der Waals surface area contributed by atoms with E-state index in [1.54, 1.807) is 0 Å². The number of carbonyl (C=O) groups is 1. The summed E-state index contributed by atoms with van der Waals surface area (Å²) in [5, 5.41) is 29.0. The van der Waals surface area contributed by atoms with Crippen LogP contribution in [-0.4, -0.2) is 71.7 Å². The average Bonchev–Trinajstić information content (AvgIpc) is 2.28. The van der Waals surface area contributed by atoms with Crippen molar-refractivity contribution < 1.29 is 24.9 Å². The summed E-state index contributed by atoms with van der Waals surface area (Å²) in [6.45, 7) is 1.14. The molecule has 1 unspecified atom stereocenters.